The molecule has 0 radical (unpaired) electrons. The highest BCUT2D eigenvalue weighted by molar-refractivity contribution is 5.35. The second-order valence-electron chi connectivity index (χ2n) is 15.9. The Kier molecular flexibility index (Phi) is 12.8. The fourth-order valence-corrected chi connectivity index (χ4v) is 7.81. The van der Waals surface area contributed by atoms with Gasteiger partial charge < -0.3 is 4.74 Å². The summed E-state index contributed by atoms with van der Waals surface area (Å²) in [6.45, 7) is 23.9. The highest BCUT2D eigenvalue weighted by atomic mass is 16.6. The minimum absolute atomic E-state index is 0.322. The van der Waals surface area contributed by atoms with Gasteiger partial charge in [0, 0.05) is 0 Å². The van der Waals surface area contributed by atoms with Crippen LogP contribution in [0.1, 0.15) is 153 Å². The van der Waals surface area contributed by atoms with Gasteiger partial charge in [-0.2, -0.15) is 0 Å². The molecular weight excluding hydrogens is 496 g/mol. The highest BCUT2D eigenvalue weighted by Gasteiger charge is 2.37. The minimum Gasteiger partial charge on any atom is -0.365 e. The van der Waals surface area contributed by atoms with Crippen LogP contribution in [0, 0.1) is 28.6 Å². The van der Waals surface area contributed by atoms with Crippen LogP contribution in [0.25, 0.3) is 0 Å². The van der Waals surface area contributed by atoms with Gasteiger partial charge in [0.05, 0.1) is 6.10 Å². The summed E-state index contributed by atoms with van der Waals surface area (Å²) in [5, 5.41) is 0. The molecule has 0 aromatic heterocycles. The van der Waals surface area contributed by atoms with Crippen molar-refractivity contribution in [1.82, 2.24) is 0 Å². The topological polar surface area (TPSA) is 12.5 Å². The van der Waals surface area contributed by atoms with Gasteiger partial charge in [-0.25, -0.2) is 0 Å². The zero-order valence-electron chi connectivity index (χ0n) is 28.9. The van der Waals surface area contributed by atoms with Gasteiger partial charge in [-0.15, -0.1) is 0 Å². The maximum atomic E-state index is 6.07. The molecule has 1 aliphatic heterocycles. The summed E-state index contributed by atoms with van der Waals surface area (Å²) in [5.41, 5.74) is 8.52. The Bertz CT molecular complexity index is 996. The van der Waals surface area contributed by atoms with Gasteiger partial charge >= 0.3 is 0 Å². The van der Waals surface area contributed by atoms with E-state index in [0.29, 0.717) is 29.0 Å². The largest absolute Gasteiger partial charge is 0.365 e. The monoisotopic (exact) mass is 563 g/mol. The molecule has 1 fully saturated rings. The molecule has 41 heavy (non-hydrogen) atoms. The highest BCUT2D eigenvalue weighted by Crippen LogP contribution is 2.44. The third kappa shape index (κ3) is 11.0. The molecule has 3 rings (SSSR count). The number of allylic oxidation sites excluding steroid dienone is 9. The van der Waals surface area contributed by atoms with E-state index >= 15 is 0 Å². The summed E-state index contributed by atoms with van der Waals surface area (Å²) in [4.78, 5) is 0. The predicted octanol–water partition coefficient (Wildman–Crippen LogP) is 12.5. The first-order chi connectivity index (χ1) is 19.3. The smallest absolute Gasteiger partial charge is 0.103 e. The van der Waals surface area contributed by atoms with Crippen molar-refractivity contribution < 1.29 is 4.74 Å². The second kappa shape index (κ2) is 15.4. The summed E-state index contributed by atoms with van der Waals surface area (Å²) in [5.74, 6) is 2.32. The molecule has 3 aliphatic rings. The fourth-order valence-electron chi connectivity index (χ4n) is 7.81. The van der Waals surface area contributed by atoms with E-state index in [9.17, 15) is 0 Å². The van der Waals surface area contributed by atoms with Gasteiger partial charge in [0.1, 0.15) is 6.10 Å². The van der Waals surface area contributed by atoms with Gasteiger partial charge in [0.25, 0.3) is 0 Å². The summed E-state index contributed by atoms with van der Waals surface area (Å²) < 4.78 is 6.07. The van der Waals surface area contributed by atoms with E-state index in [4.69, 9.17) is 4.74 Å². The molecular formula is C40H66O. The zero-order valence-corrected chi connectivity index (χ0v) is 28.9. The Morgan fingerprint density at radius 1 is 1.02 bits per heavy atom. The van der Waals surface area contributed by atoms with Crippen molar-refractivity contribution in [2.45, 2.75) is 165 Å². The predicted molar refractivity (Wildman–Crippen MR) is 181 cm³/mol. The molecule has 1 nitrogen and oxygen atoms in total. The lowest BCUT2D eigenvalue weighted by Crippen LogP contribution is -2.28. The van der Waals surface area contributed by atoms with Crippen molar-refractivity contribution in [1.29, 1.82) is 0 Å². The van der Waals surface area contributed by atoms with Crippen LogP contribution in [0.4, 0.5) is 0 Å². The molecule has 0 bridgehead atoms. The Balaban J connectivity index is 1.30. The van der Waals surface area contributed by atoms with Crippen molar-refractivity contribution in [3.05, 3.63) is 58.2 Å². The molecule has 0 N–H and O–H groups in total. The van der Waals surface area contributed by atoms with Crippen LogP contribution in [0.2, 0.25) is 0 Å². The number of epoxide rings is 1. The van der Waals surface area contributed by atoms with E-state index in [2.05, 4.69) is 99.6 Å². The van der Waals surface area contributed by atoms with Crippen molar-refractivity contribution in [3.8, 4) is 0 Å². The minimum atomic E-state index is 0.322. The Labute approximate surface area is 256 Å². The first kappa shape index (κ1) is 34.2. The lowest BCUT2D eigenvalue weighted by Gasteiger charge is -2.39. The summed E-state index contributed by atoms with van der Waals surface area (Å²) in [7, 11) is 0. The first-order valence-electron chi connectivity index (χ1n) is 17.3. The standard InChI is InChI=1S/C40H66O/c1-29(21-23-35-33(5)19-13-25-39(35,7)8)15-11-17-31(3)27-37-38(41-37)28-32(4)18-12-16-30(2)22-24-36-34(6)20-14-26-40(36,9)10/h15,20-21,23,28,30-31,36-38H,11-14,16-19,22,24-27H2,1-10H3/b23-21+,29-15+,32-28+/t30?,31?,36-,37-,38+/m0/s1. The molecule has 0 aromatic carbocycles. The maximum absolute atomic E-state index is 6.07. The molecule has 0 spiro atoms. The van der Waals surface area contributed by atoms with E-state index in [1.54, 1.807) is 16.7 Å². The lowest BCUT2D eigenvalue weighted by atomic mass is 9.66. The van der Waals surface area contributed by atoms with Crippen LogP contribution in [-0.4, -0.2) is 12.2 Å². The lowest BCUT2D eigenvalue weighted by molar-refractivity contribution is 0.193. The van der Waals surface area contributed by atoms with Crippen LogP contribution in [-0.2, 0) is 4.74 Å². The SMILES string of the molecule is CC1=CCCC(C)(C)[C@H]1CCC(C)CCC/C(C)=C/[C@H]1O[C@H]1CC(C)CC/C=C(C)/C=C/C1=C(C)CCCC1(C)C. The first-order valence-corrected chi connectivity index (χ1v) is 17.3. The third-order valence-corrected chi connectivity index (χ3v) is 10.9. The summed E-state index contributed by atoms with van der Waals surface area (Å²) >= 11 is 0. The Hall–Kier alpha value is -1.34. The molecule has 0 saturated carbocycles. The second-order valence-corrected chi connectivity index (χ2v) is 15.9. The average Bonchev–Trinajstić information content (AvgIpc) is 3.58. The van der Waals surface area contributed by atoms with Crippen LogP contribution in [0.5, 0.6) is 0 Å². The number of hydrogen-bond donors (Lipinski definition) is 0. The van der Waals surface area contributed by atoms with Gasteiger partial charge in [-0.05, 0) is 132 Å². The summed E-state index contributed by atoms with van der Waals surface area (Å²) in [6.07, 6.45) is 29.7. The number of rotatable bonds is 15. The average molecular weight is 563 g/mol. The molecule has 0 amide bonds. The van der Waals surface area contributed by atoms with E-state index in [1.807, 2.05) is 0 Å². The van der Waals surface area contributed by atoms with Crippen molar-refractivity contribution in [3.63, 3.8) is 0 Å². The van der Waals surface area contributed by atoms with E-state index in [1.165, 1.54) is 88.2 Å². The van der Waals surface area contributed by atoms with Crippen molar-refractivity contribution >= 4 is 0 Å². The van der Waals surface area contributed by atoms with E-state index < -0.39 is 0 Å². The molecule has 1 saturated heterocycles. The maximum Gasteiger partial charge on any atom is 0.103 e. The molecule has 232 valence electrons. The van der Waals surface area contributed by atoms with Gasteiger partial charge in [0.2, 0.25) is 0 Å². The van der Waals surface area contributed by atoms with Crippen molar-refractivity contribution in [2.24, 2.45) is 28.6 Å². The molecule has 5 atom stereocenters. The number of ether oxygens (including phenoxy) is 1. The zero-order chi connectivity index (χ0) is 30.2. The third-order valence-electron chi connectivity index (χ3n) is 10.9. The molecule has 2 unspecified atom stereocenters. The normalized spacial score (nSPS) is 28.1. The van der Waals surface area contributed by atoms with Crippen LogP contribution >= 0.6 is 0 Å². The molecule has 1 heteroatoms. The van der Waals surface area contributed by atoms with E-state index in [-0.39, 0.29) is 0 Å². The Morgan fingerprint density at radius 2 is 1.78 bits per heavy atom. The fraction of sp³-hybridized carbons (Fsp3) is 0.750. The van der Waals surface area contributed by atoms with Crippen LogP contribution in [0.3, 0.4) is 0 Å². The van der Waals surface area contributed by atoms with E-state index in [0.717, 1.165) is 18.3 Å². The molecule has 0 aromatic rings. The van der Waals surface area contributed by atoms with Crippen LogP contribution < -0.4 is 0 Å². The molecule has 1 heterocycles. The quantitative estimate of drug-likeness (QED) is 0.110. The molecule has 2 aliphatic carbocycles. The van der Waals surface area contributed by atoms with Gasteiger partial charge in [0.15, 0.2) is 0 Å². The number of hydrogen-bond acceptors (Lipinski definition) is 1. The summed E-state index contributed by atoms with van der Waals surface area (Å²) in [6, 6.07) is 0. The van der Waals surface area contributed by atoms with Crippen LogP contribution in [0.15, 0.2) is 58.2 Å². The Morgan fingerprint density at radius 3 is 2.49 bits per heavy atom. The van der Waals surface area contributed by atoms with Gasteiger partial charge in [-0.3, -0.25) is 0 Å². The van der Waals surface area contributed by atoms with Gasteiger partial charge in [-0.1, -0.05) is 107 Å². The van der Waals surface area contributed by atoms with Crippen molar-refractivity contribution in [2.75, 3.05) is 0 Å².